The molecule has 2 heterocycles. The van der Waals surface area contributed by atoms with Crippen molar-refractivity contribution in [3.8, 4) is 0 Å². The third kappa shape index (κ3) is 2.40. The molecule has 62 valence electrons. The van der Waals surface area contributed by atoms with Gasteiger partial charge >= 0.3 is 58.2 Å². The van der Waals surface area contributed by atoms with E-state index in [9.17, 15) is 0 Å². The van der Waals surface area contributed by atoms with Gasteiger partial charge in [-0.25, -0.2) is 6.08 Å². The number of H-pyrrole nitrogens is 1. The zero-order chi connectivity index (χ0) is 8.55. The number of nitrogens with one attached hydrogen (secondary N) is 1. The number of fused-ring (bicyclic) bond motifs is 1. The topological polar surface area (TPSA) is 41.0 Å². The molecule has 0 aromatic carbocycles. The van der Waals surface area contributed by atoms with Crippen LogP contribution in [0.5, 0.6) is 0 Å². The number of aromatic amines is 1. The van der Waals surface area contributed by atoms with Crippen molar-refractivity contribution in [3.05, 3.63) is 23.8 Å². The summed E-state index contributed by atoms with van der Waals surface area (Å²) in [5.74, 6) is 2.01. The van der Waals surface area contributed by atoms with Crippen molar-refractivity contribution in [3.63, 3.8) is 0 Å². The van der Waals surface area contributed by atoms with E-state index in [0.29, 0.717) is 0 Å². The van der Waals surface area contributed by atoms with Gasteiger partial charge < -0.3 is 0 Å². The van der Waals surface area contributed by atoms with E-state index in [1.54, 1.807) is 6.20 Å². The summed E-state index contributed by atoms with van der Waals surface area (Å²) < 4.78 is 0. The van der Waals surface area contributed by atoms with Crippen LogP contribution in [0.1, 0.15) is 19.4 Å². The average Bonchev–Trinajstić information content (AvgIpc) is 2.43. The second-order valence-corrected chi connectivity index (χ2v) is 2.96. The summed E-state index contributed by atoms with van der Waals surface area (Å²) in [5, 5.41) is 6.78. The minimum Gasteiger partial charge on any atom is -0.262 e. The predicted octanol–water partition coefficient (Wildman–Crippen LogP) is -0.873. The molecule has 0 saturated heterocycles. The van der Waals surface area contributed by atoms with E-state index < -0.39 is 0 Å². The van der Waals surface area contributed by atoms with Crippen LogP contribution in [0.3, 0.4) is 0 Å². The Balaban J connectivity index is 0.000000845. The van der Waals surface area contributed by atoms with Gasteiger partial charge in [0.25, 0.3) is 0 Å². The first-order valence-electron chi connectivity index (χ1n) is 3.87. The molecular weight excluding hydrogens is 236 g/mol. The number of allylic oxidation sites excluding steroid dienone is 2. The van der Waals surface area contributed by atoms with Crippen molar-refractivity contribution in [2.24, 2.45) is 4.99 Å². The van der Waals surface area contributed by atoms with Crippen LogP contribution in [0.15, 0.2) is 17.3 Å². The molecule has 0 amide bonds. The molecule has 0 spiro atoms. The van der Waals surface area contributed by atoms with Gasteiger partial charge in [0.2, 0.25) is 0 Å². The van der Waals surface area contributed by atoms with E-state index in [-0.39, 0.29) is 58.2 Å². The monoisotopic (exact) mass is 245 g/mol. The Morgan fingerprint density at radius 3 is 3.00 bits per heavy atom. The Labute approximate surface area is 127 Å². The van der Waals surface area contributed by atoms with Crippen LogP contribution in [0.4, 0.5) is 5.82 Å². The van der Waals surface area contributed by atoms with Crippen LogP contribution < -0.4 is 58.2 Å². The third-order valence-corrected chi connectivity index (χ3v) is 1.89. The number of rotatable bonds is 0. The van der Waals surface area contributed by atoms with Gasteiger partial charge in [-0.3, -0.25) is 10.1 Å². The molecule has 2 rings (SSSR count). The molecule has 1 aliphatic rings. The molecule has 1 aliphatic heterocycles. The second kappa shape index (κ2) is 4.69. The molecule has 0 unspecified atom stereocenters. The first-order chi connectivity index (χ1) is 5.77. The van der Waals surface area contributed by atoms with E-state index in [0.717, 1.165) is 17.3 Å². The minimum atomic E-state index is 0. The molecule has 1 aromatic heterocycles. The summed E-state index contributed by atoms with van der Waals surface area (Å²) in [6, 6.07) is 0. The van der Waals surface area contributed by atoms with Crippen LogP contribution >= 0.6 is 0 Å². The van der Waals surface area contributed by atoms with Gasteiger partial charge in [-0.1, -0.05) is 0 Å². The fraction of sp³-hybridized carbons (Fsp3) is 0.222. The molecule has 4 heteroatoms. The zero-order valence-electron chi connectivity index (χ0n) is 8.13. The van der Waals surface area contributed by atoms with Crippen LogP contribution in [-0.4, -0.2) is 16.4 Å². The first kappa shape index (κ1) is 11.4. The number of aromatic nitrogens is 2. The fourth-order valence-electron chi connectivity index (χ4n) is 1.29. The molecule has 0 radical (unpaired) electrons. The number of hydrogen-bond donors (Lipinski definition) is 1. The van der Waals surface area contributed by atoms with Crippen molar-refractivity contribution in [2.45, 2.75) is 13.8 Å². The predicted molar refractivity (Wildman–Crippen MR) is 49.3 cm³/mol. The Morgan fingerprint density at radius 1 is 1.46 bits per heavy atom. The molecule has 13 heavy (non-hydrogen) atoms. The van der Waals surface area contributed by atoms with Crippen molar-refractivity contribution in [1.29, 1.82) is 0 Å². The summed E-state index contributed by atoms with van der Waals surface area (Å²) in [7, 11) is 0. The van der Waals surface area contributed by atoms with Gasteiger partial charge in [-0.05, 0) is 11.8 Å². The van der Waals surface area contributed by atoms with Crippen molar-refractivity contribution in [2.75, 3.05) is 0 Å². The Bertz CT molecular complexity index is 351. The Morgan fingerprint density at radius 2 is 2.23 bits per heavy atom. The second-order valence-electron chi connectivity index (χ2n) is 2.96. The fourth-order valence-corrected chi connectivity index (χ4v) is 1.29. The van der Waals surface area contributed by atoms with E-state index in [2.05, 4.69) is 28.2 Å². The molecule has 0 fully saturated rings. The molecule has 0 saturated carbocycles. The number of aliphatic imine (C=N–C) groups is 1. The van der Waals surface area contributed by atoms with Gasteiger partial charge in [0.15, 0.2) is 0 Å². The number of hydrogen-bond acceptors (Lipinski definition) is 2. The molecule has 0 atom stereocenters. The molecule has 0 bridgehead atoms. The quantitative estimate of drug-likeness (QED) is 0.593. The van der Waals surface area contributed by atoms with E-state index >= 15 is 0 Å². The third-order valence-electron chi connectivity index (χ3n) is 1.89. The van der Waals surface area contributed by atoms with Gasteiger partial charge in [0.1, 0.15) is 5.82 Å². The molecule has 1 N–H and O–H groups in total. The maximum absolute atomic E-state index is 4.25. The van der Waals surface area contributed by atoms with Gasteiger partial charge in [-0.2, -0.15) is 16.6 Å². The maximum Gasteiger partial charge on any atom is 1.00 e. The maximum atomic E-state index is 4.25. The Kier molecular flexibility index (Phi) is 4.10. The van der Waals surface area contributed by atoms with Crippen LogP contribution in [0, 0.1) is 5.92 Å². The van der Waals surface area contributed by atoms with Crippen LogP contribution in [0.2, 0.25) is 0 Å². The average molecular weight is 246 g/mol. The van der Waals surface area contributed by atoms with E-state index in [1.807, 2.05) is 13.1 Å². The van der Waals surface area contributed by atoms with Crippen LogP contribution in [0.25, 0.3) is 5.57 Å². The summed E-state index contributed by atoms with van der Waals surface area (Å²) in [4.78, 5) is 4.25. The van der Waals surface area contributed by atoms with E-state index in [1.165, 1.54) is 5.57 Å². The summed E-state index contributed by atoms with van der Waals surface area (Å²) in [6.45, 7) is 4.10. The normalized spacial score (nSPS) is 14.3. The van der Waals surface area contributed by atoms with Crippen molar-refractivity contribution in [1.82, 2.24) is 10.2 Å². The molecule has 3 nitrogen and oxygen atoms in total. The number of nitrogens with zero attached hydrogens (tertiary/aromatic N) is 2. The first-order valence-corrected chi connectivity index (χ1v) is 3.87. The molecular formula is C9H10N3Rb. The molecule has 1 aromatic rings. The molecule has 0 aliphatic carbocycles. The summed E-state index contributed by atoms with van der Waals surface area (Å²) in [5.41, 5.74) is 2.29. The van der Waals surface area contributed by atoms with Gasteiger partial charge in [-0.15, -0.1) is 13.8 Å². The zero-order valence-corrected chi connectivity index (χ0v) is 13.0. The van der Waals surface area contributed by atoms with Crippen LogP contribution in [-0.2, 0) is 0 Å². The Hall–Kier alpha value is 0.295. The summed E-state index contributed by atoms with van der Waals surface area (Å²) in [6.07, 6.45) is 5.75. The van der Waals surface area contributed by atoms with Crippen molar-refractivity contribution >= 4 is 17.6 Å². The standard InChI is InChI=1S/C9H10N3.Rb/c1-6-3-7(2)8-5-11-12-9(8)10-4-6;/h3-5H,1-2H3,(H,11,12);/q-1;+1. The summed E-state index contributed by atoms with van der Waals surface area (Å²) >= 11 is 0. The SMILES string of the molecule is CC1=C[C-](C)C=Nc2[nH]ncc21.[Rb+]. The van der Waals surface area contributed by atoms with Gasteiger partial charge in [0.05, 0.1) is 0 Å². The largest absolute Gasteiger partial charge is 1.00 e. The minimum absolute atomic E-state index is 0. The van der Waals surface area contributed by atoms with Gasteiger partial charge in [0, 0.05) is 6.20 Å². The van der Waals surface area contributed by atoms with Crippen molar-refractivity contribution < 1.29 is 58.2 Å². The van der Waals surface area contributed by atoms with E-state index in [4.69, 9.17) is 0 Å². The smallest absolute Gasteiger partial charge is 0.262 e.